The van der Waals surface area contributed by atoms with E-state index in [4.69, 9.17) is 21.1 Å². The molecular formula is C15H13ClO4. The zero-order chi connectivity index (χ0) is 14.5. The van der Waals surface area contributed by atoms with Gasteiger partial charge in [-0.2, -0.15) is 0 Å². The Morgan fingerprint density at radius 1 is 1.15 bits per heavy atom. The van der Waals surface area contributed by atoms with E-state index in [1.165, 1.54) is 6.07 Å². The predicted octanol–water partition coefficient (Wildman–Crippen LogP) is 4.23. The zero-order valence-electron chi connectivity index (χ0n) is 10.8. The third-order valence-corrected chi connectivity index (χ3v) is 2.86. The predicted molar refractivity (Wildman–Crippen MR) is 76.1 cm³/mol. The zero-order valence-corrected chi connectivity index (χ0v) is 11.6. The van der Waals surface area contributed by atoms with Crippen molar-refractivity contribution >= 4 is 17.6 Å². The summed E-state index contributed by atoms with van der Waals surface area (Å²) in [6, 6.07) is 11.6. The maximum atomic E-state index is 11.2. The van der Waals surface area contributed by atoms with Gasteiger partial charge in [0.1, 0.15) is 5.56 Å². The van der Waals surface area contributed by atoms with Gasteiger partial charge in [-0.05, 0) is 31.2 Å². The SMILES string of the molecule is CCOc1ccccc1Oc1c(Cl)cccc1C(=O)O. The van der Waals surface area contributed by atoms with Gasteiger partial charge in [-0.25, -0.2) is 4.79 Å². The molecule has 0 unspecified atom stereocenters. The minimum Gasteiger partial charge on any atom is -0.490 e. The van der Waals surface area contributed by atoms with Crippen molar-refractivity contribution in [3.8, 4) is 17.2 Å². The Bertz CT molecular complexity index is 625. The van der Waals surface area contributed by atoms with E-state index < -0.39 is 5.97 Å². The van der Waals surface area contributed by atoms with Gasteiger partial charge >= 0.3 is 5.97 Å². The summed E-state index contributed by atoms with van der Waals surface area (Å²) in [4.78, 5) is 11.2. The minimum atomic E-state index is -1.10. The van der Waals surface area contributed by atoms with Gasteiger partial charge in [-0.1, -0.05) is 29.8 Å². The number of hydrogen-bond acceptors (Lipinski definition) is 3. The molecule has 0 aliphatic carbocycles. The van der Waals surface area contributed by atoms with Crippen LogP contribution in [0.3, 0.4) is 0 Å². The van der Waals surface area contributed by atoms with Crippen LogP contribution in [0.25, 0.3) is 0 Å². The molecule has 104 valence electrons. The van der Waals surface area contributed by atoms with Crippen LogP contribution in [0.1, 0.15) is 17.3 Å². The van der Waals surface area contributed by atoms with Crippen molar-refractivity contribution in [2.75, 3.05) is 6.61 Å². The number of hydrogen-bond donors (Lipinski definition) is 1. The molecule has 0 aliphatic rings. The molecule has 1 N–H and O–H groups in total. The molecule has 0 bridgehead atoms. The number of halogens is 1. The molecule has 20 heavy (non-hydrogen) atoms. The quantitative estimate of drug-likeness (QED) is 0.896. The number of benzene rings is 2. The van der Waals surface area contributed by atoms with Crippen molar-refractivity contribution in [2.24, 2.45) is 0 Å². The Morgan fingerprint density at radius 3 is 2.50 bits per heavy atom. The van der Waals surface area contributed by atoms with Crippen LogP contribution < -0.4 is 9.47 Å². The van der Waals surface area contributed by atoms with Gasteiger partial charge in [-0.15, -0.1) is 0 Å². The van der Waals surface area contributed by atoms with Gasteiger partial charge in [0.2, 0.25) is 0 Å². The van der Waals surface area contributed by atoms with Gasteiger partial charge in [0, 0.05) is 0 Å². The molecule has 0 aromatic heterocycles. The van der Waals surface area contributed by atoms with E-state index in [9.17, 15) is 9.90 Å². The molecule has 4 nitrogen and oxygen atoms in total. The number of ether oxygens (including phenoxy) is 2. The highest BCUT2D eigenvalue weighted by Gasteiger charge is 2.16. The van der Waals surface area contributed by atoms with E-state index in [0.29, 0.717) is 18.1 Å². The summed E-state index contributed by atoms with van der Waals surface area (Å²) in [5, 5.41) is 9.40. The van der Waals surface area contributed by atoms with Crippen LogP contribution in [0.2, 0.25) is 5.02 Å². The van der Waals surface area contributed by atoms with E-state index in [2.05, 4.69) is 0 Å². The lowest BCUT2D eigenvalue weighted by molar-refractivity contribution is 0.0694. The molecule has 0 spiro atoms. The number of carboxylic acid groups (broad SMARTS) is 1. The Kier molecular flexibility index (Phi) is 4.48. The highest BCUT2D eigenvalue weighted by molar-refractivity contribution is 6.32. The summed E-state index contributed by atoms with van der Waals surface area (Å²) in [5.74, 6) is -0.0404. The smallest absolute Gasteiger partial charge is 0.339 e. The Labute approximate surface area is 121 Å². The Hall–Kier alpha value is -2.20. The maximum absolute atomic E-state index is 11.2. The number of carbonyl (C=O) groups is 1. The molecule has 0 heterocycles. The first-order chi connectivity index (χ1) is 9.63. The Balaban J connectivity index is 2.42. The van der Waals surface area contributed by atoms with E-state index in [0.717, 1.165) is 0 Å². The Morgan fingerprint density at radius 2 is 1.85 bits per heavy atom. The monoisotopic (exact) mass is 292 g/mol. The molecule has 0 radical (unpaired) electrons. The molecule has 5 heteroatoms. The standard InChI is InChI=1S/C15H13ClO4/c1-2-19-12-8-3-4-9-13(12)20-14-10(15(17)18)6-5-7-11(14)16/h3-9H,2H2,1H3,(H,17,18). The van der Waals surface area contributed by atoms with Gasteiger partial charge in [-0.3, -0.25) is 0 Å². The summed E-state index contributed by atoms with van der Waals surface area (Å²) in [5.41, 5.74) is 0.00352. The van der Waals surface area contributed by atoms with Crippen LogP contribution in [-0.2, 0) is 0 Å². The van der Waals surface area contributed by atoms with E-state index in [1.54, 1.807) is 30.3 Å². The number of para-hydroxylation sites is 3. The van der Waals surface area contributed by atoms with Gasteiger partial charge in [0.25, 0.3) is 0 Å². The number of carboxylic acids is 1. The first-order valence-corrected chi connectivity index (χ1v) is 6.42. The molecular weight excluding hydrogens is 280 g/mol. The van der Waals surface area contributed by atoms with Crippen molar-refractivity contribution in [3.05, 3.63) is 53.1 Å². The maximum Gasteiger partial charge on any atom is 0.339 e. The third-order valence-electron chi connectivity index (χ3n) is 2.56. The van der Waals surface area contributed by atoms with Crippen molar-refractivity contribution in [3.63, 3.8) is 0 Å². The third kappa shape index (κ3) is 3.03. The first-order valence-electron chi connectivity index (χ1n) is 6.05. The molecule has 0 saturated carbocycles. The topological polar surface area (TPSA) is 55.8 Å². The van der Waals surface area contributed by atoms with Gasteiger partial charge < -0.3 is 14.6 Å². The van der Waals surface area contributed by atoms with Crippen molar-refractivity contribution in [1.29, 1.82) is 0 Å². The highest BCUT2D eigenvalue weighted by atomic mass is 35.5. The summed E-state index contributed by atoms with van der Waals surface area (Å²) in [6.07, 6.45) is 0. The van der Waals surface area contributed by atoms with Crippen molar-refractivity contribution in [1.82, 2.24) is 0 Å². The van der Waals surface area contributed by atoms with Crippen LogP contribution in [0.4, 0.5) is 0 Å². The average molecular weight is 293 g/mol. The normalized spacial score (nSPS) is 10.1. The number of rotatable bonds is 5. The minimum absolute atomic E-state index is 0.00352. The van der Waals surface area contributed by atoms with E-state index in [1.807, 2.05) is 13.0 Å². The average Bonchev–Trinajstić information content (AvgIpc) is 2.43. The van der Waals surface area contributed by atoms with Crippen molar-refractivity contribution < 1.29 is 19.4 Å². The van der Waals surface area contributed by atoms with Crippen LogP contribution in [0, 0.1) is 0 Å². The summed E-state index contributed by atoms with van der Waals surface area (Å²) >= 11 is 6.02. The molecule has 0 saturated heterocycles. The molecule has 0 atom stereocenters. The first kappa shape index (κ1) is 14.2. The highest BCUT2D eigenvalue weighted by Crippen LogP contribution is 2.37. The summed E-state index contributed by atoms with van der Waals surface area (Å²) < 4.78 is 11.1. The van der Waals surface area contributed by atoms with Gasteiger partial charge in [0.05, 0.1) is 11.6 Å². The molecule has 0 aliphatic heterocycles. The van der Waals surface area contributed by atoms with Crippen LogP contribution in [-0.4, -0.2) is 17.7 Å². The molecule has 2 aromatic rings. The lowest BCUT2D eigenvalue weighted by atomic mass is 10.2. The van der Waals surface area contributed by atoms with Crippen LogP contribution in [0.15, 0.2) is 42.5 Å². The molecule has 2 aromatic carbocycles. The molecule has 0 amide bonds. The fraction of sp³-hybridized carbons (Fsp3) is 0.133. The summed E-state index contributed by atoms with van der Waals surface area (Å²) in [6.45, 7) is 2.34. The largest absolute Gasteiger partial charge is 0.490 e. The lowest BCUT2D eigenvalue weighted by Crippen LogP contribution is -2.01. The van der Waals surface area contributed by atoms with Gasteiger partial charge in [0.15, 0.2) is 17.2 Å². The fourth-order valence-electron chi connectivity index (χ4n) is 1.70. The second-order valence-electron chi connectivity index (χ2n) is 3.90. The van der Waals surface area contributed by atoms with Crippen molar-refractivity contribution in [2.45, 2.75) is 6.92 Å². The lowest BCUT2D eigenvalue weighted by Gasteiger charge is -2.13. The van der Waals surface area contributed by atoms with Crippen LogP contribution >= 0.6 is 11.6 Å². The number of aromatic carboxylic acids is 1. The second-order valence-corrected chi connectivity index (χ2v) is 4.31. The fourth-order valence-corrected chi connectivity index (χ4v) is 1.91. The second kappa shape index (κ2) is 6.30. The van der Waals surface area contributed by atoms with E-state index in [-0.39, 0.29) is 16.3 Å². The summed E-state index contributed by atoms with van der Waals surface area (Å²) in [7, 11) is 0. The molecule has 0 fully saturated rings. The van der Waals surface area contributed by atoms with E-state index >= 15 is 0 Å². The van der Waals surface area contributed by atoms with Crippen LogP contribution in [0.5, 0.6) is 17.2 Å². The molecule has 2 rings (SSSR count).